The number of allylic oxidation sites excluding steroid dienone is 4. The van der Waals surface area contributed by atoms with Crippen LogP contribution in [0.15, 0.2) is 82.8 Å². The lowest BCUT2D eigenvalue weighted by Crippen LogP contribution is -2.14. The number of aliphatic imine (C=N–C) groups is 2. The van der Waals surface area contributed by atoms with Crippen molar-refractivity contribution in [2.75, 3.05) is 0 Å². The van der Waals surface area contributed by atoms with Gasteiger partial charge in [-0.15, -0.1) is 0 Å². The highest BCUT2D eigenvalue weighted by atomic mass is 14.8. The smallest absolute Gasteiger partial charge is 0.0633 e. The lowest BCUT2D eigenvalue weighted by molar-refractivity contribution is 0.637. The lowest BCUT2D eigenvalue weighted by atomic mass is 10.0. The van der Waals surface area contributed by atoms with Crippen LogP contribution in [-0.4, -0.2) is 11.4 Å². The van der Waals surface area contributed by atoms with E-state index in [2.05, 4.69) is 101 Å². The number of aryl methyl sites for hydroxylation is 2. The number of hydrogen-bond acceptors (Lipinski definition) is 2. The van der Waals surface area contributed by atoms with E-state index < -0.39 is 0 Å². The molecule has 2 rings (SSSR count). The second kappa shape index (κ2) is 27.4. The Morgan fingerprint density at radius 2 is 0.761 bits per heavy atom. The van der Waals surface area contributed by atoms with E-state index in [9.17, 15) is 0 Å². The minimum atomic E-state index is 0.979. The fourth-order valence-electron chi connectivity index (χ4n) is 5.71. The first-order chi connectivity index (χ1) is 22.7. The molecule has 0 spiro atoms. The average Bonchev–Trinajstić information content (AvgIpc) is 3.08. The van der Waals surface area contributed by atoms with Crippen molar-refractivity contribution in [3.05, 3.63) is 84.0 Å². The molecule has 46 heavy (non-hydrogen) atoms. The third-order valence-electron chi connectivity index (χ3n) is 8.75. The molecule has 0 saturated heterocycles. The highest BCUT2D eigenvalue weighted by molar-refractivity contribution is 6.43. The van der Waals surface area contributed by atoms with Crippen LogP contribution in [0.2, 0.25) is 0 Å². The zero-order valence-electron chi connectivity index (χ0n) is 30.4. The summed E-state index contributed by atoms with van der Waals surface area (Å²) >= 11 is 0. The van der Waals surface area contributed by atoms with Gasteiger partial charge < -0.3 is 0 Å². The van der Waals surface area contributed by atoms with Gasteiger partial charge in [0.25, 0.3) is 0 Å². The second-order valence-electron chi connectivity index (χ2n) is 13.1. The van der Waals surface area contributed by atoms with Gasteiger partial charge in [0.15, 0.2) is 0 Å². The summed E-state index contributed by atoms with van der Waals surface area (Å²) in [5, 5.41) is 0. The predicted molar refractivity (Wildman–Crippen MR) is 208 cm³/mol. The molecule has 0 heterocycles. The van der Waals surface area contributed by atoms with Crippen molar-refractivity contribution < 1.29 is 0 Å². The predicted octanol–water partition coefficient (Wildman–Crippen LogP) is 14.6. The molecule has 2 aromatic carbocycles. The minimum Gasteiger partial charge on any atom is -0.252 e. The van der Waals surface area contributed by atoms with Crippen LogP contribution in [0.1, 0.15) is 167 Å². The Labute approximate surface area is 285 Å². The molecule has 0 saturated carbocycles. The van der Waals surface area contributed by atoms with E-state index in [0.717, 1.165) is 87.0 Å². The summed E-state index contributed by atoms with van der Waals surface area (Å²) < 4.78 is 0. The van der Waals surface area contributed by atoms with Crippen molar-refractivity contribution in [3.8, 4) is 0 Å². The summed E-state index contributed by atoms with van der Waals surface area (Å²) in [6.07, 6.45) is 36.5. The van der Waals surface area contributed by atoms with E-state index in [0.29, 0.717) is 0 Å². The van der Waals surface area contributed by atoms with Crippen molar-refractivity contribution in [1.29, 1.82) is 0 Å². The molecule has 2 heteroatoms. The van der Waals surface area contributed by atoms with Gasteiger partial charge in [-0.05, 0) is 112 Å². The monoisotopic (exact) mass is 625 g/mol. The minimum absolute atomic E-state index is 0.979. The molecule has 0 aliphatic carbocycles. The molecular formula is C44H68N2. The quantitative estimate of drug-likeness (QED) is 0.0537. The second-order valence-corrected chi connectivity index (χ2v) is 13.1. The van der Waals surface area contributed by atoms with Crippen molar-refractivity contribution >= 4 is 22.8 Å². The molecule has 2 nitrogen and oxygen atoms in total. The van der Waals surface area contributed by atoms with Gasteiger partial charge in [0, 0.05) is 0 Å². The Bertz CT molecular complexity index is 1030. The molecule has 0 radical (unpaired) electrons. The van der Waals surface area contributed by atoms with Gasteiger partial charge in [0.1, 0.15) is 0 Å². The van der Waals surface area contributed by atoms with Crippen LogP contribution in [0.25, 0.3) is 0 Å². The zero-order valence-corrected chi connectivity index (χ0v) is 30.4. The van der Waals surface area contributed by atoms with Crippen molar-refractivity contribution in [2.45, 2.75) is 169 Å². The highest BCUT2D eigenvalue weighted by Crippen LogP contribution is 2.21. The highest BCUT2D eigenvalue weighted by Gasteiger charge is 2.10. The van der Waals surface area contributed by atoms with Crippen molar-refractivity contribution in [3.63, 3.8) is 0 Å². The first-order valence-corrected chi connectivity index (χ1v) is 19.3. The number of unbranched alkanes of at least 4 members (excludes halogenated alkanes) is 12. The lowest BCUT2D eigenvalue weighted by Gasteiger charge is -2.11. The Morgan fingerprint density at radius 3 is 1.13 bits per heavy atom. The molecule has 0 aliphatic rings. The van der Waals surface area contributed by atoms with Gasteiger partial charge >= 0.3 is 0 Å². The molecule has 0 unspecified atom stereocenters. The van der Waals surface area contributed by atoms with E-state index in [-0.39, 0.29) is 0 Å². The summed E-state index contributed by atoms with van der Waals surface area (Å²) in [6, 6.07) is 17.9. The largest absolute Gasteiger partial charge is 0.252 e. The molecule has 254 valence electrons. The third kappa shape index (κ3) is 19.0. The Balaban J connectivity index is 1.99. The third-order valence-corrected chi connectivity index (χ3v) is 8.75. The number of hydrogen-bond donors (Lipinski definition) is 0. The fourth-order valence-corrected chi connectivity index (χ4v) is 5.71. The van der Waals surface area contributed by atoms with Crippen LogP contribution < -0.4 is 0 Å². The van der Waals surface area contributed by atoms with Crippen LogP contribution in [0.3, 0.4) is 0 Å². The standard InChI is InChI=1S/C44H68N2/c1-5-9-13-15-17-19-21-23-25-27-39-31-35-41(36-32-39)45-43(29-11-7-3)44(30-12-8-4)46-42-37-33-40(34-38-42)28-26-24-22-20-18-16-14-10-6-2/h21-24,31-38H,5-20,25-30H2,1-4H3/b23-21+,24-22+,45-43?,46-44?. The first-order valence-electron chi connectivity index (χ1n) is 19.3. The van der Waals surface area contributed by atoms with E-state index in [1.54, 1.807) is 0 Å². The van der Waals surface area contributed by atoms with Crippen molar-refractivity contribution in [2.24, 2.45) is 9.98 Å². The average molecular weight is 625 g/mol. The van der Waals surface area contributed by atoms with Crippen LogP contribution >= 0.6 is 0 Å². The molecular weight excluding hydrogens is 556 g/mol. The Hall–Kier alpha value is -2.74. The molecule has 0 N–H and O–H groups in total. The molecule has 2 aromatic rings. The summed E-state index contributed by atoms with van der Waals surface area (Å²) in [5.41, 5.74) is 7.19. The number of rotatable bonds is 27. The molecule has 0 aliphatic heterocycles. The van der Waals surface area contributed by atoms with E-state index >= 15 is 0 Å². The van der Waals surface area contributed by atoms with Gasteiger partial charge in [0.05, 0.1) is 22.8 Å². The molecule has 0 aromatic heterocycles. The summed E-state index contributed by atoms with van der Waals surface area (Å²) in [6.45, 7) is 9.08. The Kier molecular flexibility index (Phi) is 23.5. The topological polar surface area (TPSA) is 24.7 Å². The Morgan fingerprint density at radius 1 is 0.413 bits per heavy atom. The molecule has 0 bridgehead atoms. The van der Waals surface area contributed by atoms with Gasteiger partial charge in [-0.2, -0.15) is 0 Å². The summed E-state index contributed by atoms with van der Waals surface area (Å²) in [4.78, 5) is 10.4. The fraction of sp³-hybridized carbons (Fsp3) is 0.591. The number of benzene rings is 2. The van der Waals surface area contributed by atoms with E-state index in [1.807, 2.05) is 0 Å². The normalized spacial score (nSPS) is 12.6. The van der Waals surface area contributed by atoms with E-state index in [4.69, 9.17) is 9.98 Å². The van der Waals surface area contributed by atoms with Crippen LogP contribution in [0.4, 0.5) is 11.4 Å². The maximum atomic E-state index is 5.21. The maximum absolute atomic E-state index is 5.21. The van der Waals surface area contributed by atoms with Crippen molar-refractivity contribution in [1.82, 2.24) is 0 Å². The van der Waals surface area contributed by atoms with Gasteiger partial charge in [-0.1, -0.05) is 140 Å². The van der Waals surface area contributed by atoms with Crippen LogP contribution in [0, 0.1) is 0 Å². The first kappa shape index (κ1) is 39.4. The van der Waals surface area contributed by atoms with Crippen LogP contribution in [0.5, 0.6) is 0 Å². The molecule has 0 atom stereocenters. The molecule has 0 fully saturated rings. The summed E-state index contributed by atoms with van der Waals surface area (Å²) in [7, 11) is 0. The molecule has 0 amide bonds. The zero-order chi connectivity index (χ0) is 32.9. The van der Waals surface area contributed by atoms with Gasteiger partial charge in [-0.3, -0.25) is 9.98 Å². The summed E-state index contributed by atoms with van der Waals surface area (Å²) in [5.74, 6) is 0. The maximum Gasteiger partial charge on any atom is 0.0633 e. The SMILES string of the molecule is CCCCCCC/C=C/CCc1ccc(N=C(CCCC)C(CCCC)=Nc2ccc(CC/C=C/CCCCCCC)cc2)cc1. The number of nitrogens with zero attached hydrogens (tertiary/aromatic N) is 2. The van der Waals surface area contributed by atoms with E-state index in [1.165, 1.54) is 88.2 Å². The van der Waals surface area contributed by atoms with Crippen LogP contribution in [-0.2, 0) is 12.8 Å². The van der Waals surface area contributed by atoms with Gasteiger partial charge in [0.2, 0.25) is 0 Å². The van der Waals surface area contributed by atoms with Gasteiger partial charge in [-0.25, -0.2) is 0 Å².